The maximum absolute atomic E-state index is 11.3. The number of para-hydroxylation sites is 1. The summed E-state index contributed by atoms with van der Waals surface area (Å²) in [5, 5.41) is 0. The van der Waals surface area contributed by atoms with Gasteiger partial charge in [0, 0.05) is 18.7 Å². The Balaban J connectivity index is 2.02. The van der Waals surface area contributed by atoms with E-state index in [0.29, 0.717) is 11.7 Å². The van der Waals surface area contributed by atoms with E-state index < -0.39 is 0 Å². The number of hydrogen-bond acceptors (Lipinski definition) is 3. The first-order chi connectivity index (χ1) is 9.66. The molecule has 0 saturated carbocycles. The fourth-order valence-corrected chi connectivity index (χ4v) is 2.82. The highest BCUT2D eigenvalue weighted by molar-refractivity contribution is 5.92. The Hall–Kier alpha value is -2.16. The van der Waals surface area contributed by atoms with Crippen LogP contribution in [0.3, 0.4) is 0 Å². The summed E-state index contributed by atoms with van der Waals surface area (Å²) in [5.41, 5.74) is 4.20. The Kier molecular flexibility index (Phi) is 3.26. The summed E-state index contributed by atoms with van der Waals surface area (Å²) in [6.07, 6.45) is 4.05. The number of aryl methyl sites for hydroxylation is 1. The maximum atomic E-state index is 11.3. The van der Waals surface area contributed by atoms with Crippen LogP contribution in [-0.2, 0) is 6.42 Å². The molecule has 102 valence electrons. The lowest BCUT2D eigenvalue weighted by molar-refractivity contribution is 0.101. The number of fused-ring (bicyclic) bond motifs is 1. The zero-order chi connectivity index (χ0) is 14.1. The third kappa shape index (κ3) is 2.20. The Labute approximate surface area is 119 Å². The van der Waals surface area contributed by atoms with Crippen molar-refractivity contribution in [3.05, 3.63) is 53.9 Å². The van der Waals surface area contributed by atoms with Crippen LogP contribution in [0.1, 0.15) is 36.3 Å². The van der Waals surface area contributed by atoms with Gasteiger partial charge in [0.05, 0.1) is 11.9 Å². The van der Waals surface area contributed by atoms with Gasteiger partial charge in [-0.3, -0.25) is 9.78 Å². The lowest BCUT2D eigenvalue weighted by Crippen LogP contribution is -2.33. The van der Waals surface area contributed by atoms with E-state index in [-0.39, 0.29) is 5.78 Å². The molecule has 0 aliphatic carbocycles. The molecular weight excluding hydrogens is 248 g/mol. The predicted octanol–water partition coefficient (Wildman–Crippen LogP) is 3.76. The van der Waals surface area contributed by atoms with Crippen molar-refractivity contribution < 1.29 is 4.79 Å². The predicted molar refractivity (Wildman–Crippen MR) is 80.6 cm³/mol. The van der Waals surface area contributed by atoms with Crippen LogP contribution in [0.4, 0.5) is 11.4 Å². The number of ketones is 1. The van der Waals surface area contributed by atoms with Crippen LogP contribution in [0.15, 0.2) is 42.6 Å². The molecule has 1 atom stereocenters. The van der Waals surface area contributed by atoms with E-state index in [0.717, 1.165) is 18.5 Å². The van der Waals surface area contributed by atoms with Gasteiger partial charge in [-0.2, -0.15) is 0 Å². The van der Waals surface area contributed by atoms with Crippen molar-refractivity contribution in [1.82, 2.24) is 4.98 Å². The van der Waals surface area contributed by atoms with Crippen LogP contribution in [0.2, 0.25) is 0 Å². The van der Waals surface area contributed by atoms with E-state index in [2.05, 4.69) is 41.1 Å². The fraction of sp³-hybridized carbons (Fsp3) is 0.294. The van der Waals surface area contributed by atoms with Crippen molar-refractivity contribution in [3.63, 3.8) is 0 Å². The summed E-state index contributed by atoms with van der Waals surface area (Å²) >= 11 is 0. The molecule has 2 heterocycles. The number of rotatable bonds is 2. The Morgan fingerprint density at radius 1 is 1.25 bits per heavy atom. The fourth-order valence-electron chi connectivity index (χ4n) is 2.82. The third-order valence-electron chi connectivity index (χ3n) is 3.91. The minimum atomic E-state index is 0.00337. The lowest BCUT2D eigenvalue weighted by Gasteiger charge is -2.36. The normalized spacial score (nSPS) is 17.7. The first-order valence-corrected chi connectivity index (χ1v) is 7.01. The van der Waals surface area contributed by atoms with Gasteiger partial charge >= 0.3 is 0 Å². The molecule has 20 heavy (non-hydrogen) atoms. The largest absolute Gasteiger partial charge is 0.337 e. The van der Waals surface area contributed by atoms with E-state index in [1.54, 1.807) is 13.1 Å². The molecule has 3 rings (SSSR count). The number of hydrogen-bond donors (Lipinski definition) is 0. The average Bonchev–Trinajstić information content (AvgIpc) is 2.47. The molecule has 0 bridgehead atoms. The van der Waals surface area contributed by atoms with Crippen LogP contribution in [0.5, 0.6) is 0 Å². The quantitative estimate of drug-likeness (QED) is 0.776. The molecule has 2 aromatic rings. The third-order valence-corrected chi connectivity index (χ3v) is 3.91. The smallest absolute Gasteiger partial charge is 0.178 e. The van der Waals surface area contributed by atoms with Crippen LogP contribution in [-0.4, -0.2) is 16.8 Å². The summed E-state index contributed by atoms with van der Waals surface area (Å²) < 4.78 is 0. The van der Waals surface area contributed by atoms with Gasteiger partial charge in [0.25, 0.3) is 0 Å². The highest BCUT2D eigenvalue weighted by atomic mass is 16.1. The molecule has 1 aromatic heterocycles. The molecule has 1 unspecified atom stereocenters. The van der Waals surface area contributed by atoms with Gasteiger partial charge in [0.2, 0.25) is 0 Å². The Morgan fingerprint density at radius 3 is 2.75 bits per heavy atom. The minimum Gasteiger partial charge on any atom is -0.337 e. The van der Waals surface area contributed by atoms with Gasteiger partial charge in [-0.25, -0.2) is 0 Å². The Bertz CT molecular complexity index is 634. The number of carbonyl (C=O) groups excluding carboxylic acids is 1. The van der Waals surface area contributed by atoms with Crippen molar-refractivity contribution in [2.75, 3.05) is 4.90 Å². The number of nitrogens with zero attached hydrogens (tertiary/aromatic N) is 2. The molecule has 1 aliphatic heterocycles. The summed E-state index contributed by atoms with van der Waals surface area (Å²) in [7, 11) is 0. The molecule has 1 aliphatic rings. The number of benzene rings is 1. The van der Waals surface area contributed by atoms with Crippen molar-refractivity contribution in [2.45, 2.75) is 32.7 Å². The maximum Gasteiger partial charge on any atom is 0.178 e. The zero-order valence-electron chi connectivity index (χ0n) is 11.8. The second kappa shape index (κ2) is 5.08. The molecule has 0 spiro atoms. The molecular formula is C17H18N2O. The van der Waals surface area contributed by atoms with E-state index in [1.165, 1.54) is 11.3 Å². The molecule has 3 heteroatoms. The minimum absolute atomic E-state index is 0.00337. The molecule has 3 nitrogen and oxygen atoms in total. The highest BCUT2D eigenvalue weighted by Crippen LogP contribution is 2.36. The van der Waals surface area contributed by atoms with Crippen molar-refractivity contribution in [1.29, 1.82) is 0 Å². The molecule has 0 radical (unpaired) electrons. The SMILES string of the molecule is CC(=O)c1ccc(N2c3ccccc3CCC2C)cn1. The second-order valence-corrected chi connectivity index (χ2v) is 5.34. The van der Waals surface area contributed by atoms with Crippen LogP contribution < -0.4 is 4.90 Å². The first-order valence-electron chi connectivity index (χ1n) is 7.01. The number of carbonyl (C=O) groups is 1. The average molecular weight is 266 g/mol. The molecule has 0 N–H and O–H groups in total. The lowest BCUT2D eigenvalue weighted by atomic mass is 9.96. The summed E-state index contributed by atoms with van der Waals surface area (Å²) in [6.45, 7) is 3.77. The number of anilines is 2. The van der Waals surface area contributed by atoms with Gasteiger partial charge in [-0.15, -0.1) is 0 Å². The second-order valence-electron chi connectivity index (χ2n) is 5.34. The van der Waals surface area contributed by atoms with Crippen molar-refractivity contribution in [3.8, 4) is 0 Å². The summed E-state index contributed by atoms with van der Waals surface area (Å²) in [5.74, 6) is 0.00337. The van der Waals surface area contributed by atoms with Crippen LogP contribution in [0.25, 0.3) is 0 Å². The van der Waals surface area contributed by atoms with Crippen molar-refractivity contribution >= 4 is 17.2 Å². The molecule has 0 amide bonds. The monoisotopic (exact) mass is 266 g/mol. The van der Waals surface area contributed by atoms with Gasteiger partial charge in [0.1, 0.15) is 5.69 Å². The number of aromatic nitrogens is 1. The van der Waals surface area contributed by atoms with Gasteiger partial charge in [-0.05, 0) is 43.5 Å². The first kappa shape index (κ1) is 12.9. The molecule has 0 saturated heterocycles. The summed E-state index contributed by atoms with van der Waals surface area (Å²) in [4.78, 5) is 17.9. The van der Waals surface area contributed by atoms with Crippen molar-refractivity contribution in [2.24, 2.45) is 0 Å². The van der Waals surface area contributed by atoms with Gasteiger partial charge in [0.15, 0.2) is 5.78 Å². The topological polar surface area (TPSA) is 33.2 Å². The van der Waals surface area contributed by atoms with E-state index in [4.69, 9.17) is 0 Å². The molecule has 0 fully saturated rings. The highest BCUT2D eigenvalue weighted by Gasteiger charge is 2.24. The standard InChI is InChI=1S/C17H18N2O/c1-12-7-8-14-5-3-4-6-17(14)19(12)15-9-10-16(13(2)20)18-11-15/h3-6,9-12H,7-8H2,1-2H3. The summed E-state index contributed by atoms with van der Waals surface area (Å²) in [6, 6.07) is 12.7. The van der Waals surface area contributed by atoms with Crippen LogP contribution in [0, 0.1) is 0 Å². The molecule has 1 aromatic carbocycles. The number of pyridine rings is 1. The van der Waals surface area contributed by atoms with E-state index in [1.807, 2.05) is 12.1 Å². The van der Waals surface area contributed by atoms with E-state index >= 15 is 0 Å². The zero-order valence-corrected chi connectivity index (χ0v) is 11.8. The van der Waals surface area contributed by atoms with Crippen LogP contribution >= 0.6 is 0 Å². The van der Waals surface area contributed by atoms with Gasteiger partial charge in [-0.1, -0.05) is 18.2 Å². The van der Waals surface area contributed by atoms with Gasteiger partial charge < -0.3 is 4.90 Å². The number of Topliss-reactive ketones (excluding diaryl/α,β-unsaturated/α-hetero) is 1. The van der Waals surface area contributed by atoms with E-state index in [9.17, 15) is 4.79 Å². The Morgan fingerprint density at radius 2 is 2.05 bits per heavy atom.